The summed E-state index contributed by atoms with van der Waals surface area (Å²) >= 11 is 0. The number of carbonyl (C=O) groups excluding carboxylic acids is 2. The molecule has 0 bridgehead atoms. The molecule has 0 spiro atoms. The number of ether oxygens (including phenoxy) is 1. The van der Waals surface area contributed by atoms with Crippen LogP contribution >= 0.6 is 0 Å². The van der Waals surface area contributed by atoms with Crippen LogP contribution in [0.4, 0.5) is 5.69 Å². The van der Waals surface area contributed by atoms with Gasteiger partial charge in [-0.3, -0.25) is 4.79 Å². The predicted molar refractivity (Wildman–Crippen MR) is 83.8 cm³/mol. The highest BCUT2D eigenvalue weighted by Crippen LogP contribution is 2.18. The van der Waals surface area contributed by atoms with E-state index in [1.165, 1.54) is 0 Å². The Labute approximate surface area is 126 Å². The third-order valence-electron chi connectivity index (χ3n) is 3.37. The van der Waals surface area contributed by atoms with Crippen LogP contribution in [0.1, 0.15) is 20.7 Å². The van der Waals surface area contributed by atoms with Gasteiger partial charge in [-0.2, -0.15) is 0 Å². The molecule has 3 rings (SSSR count). The van der Waals surface area contributed by atoms with Crippen molar-refractivity contribution in [3.05, 3.63) is 65.9 Å². The molecule has 0 saturated carbocycles. The van der Waals surface area contributed by atoms with Crippen molar-refractivity contribution in [1.82, 2.24) is 4.98 Å². The van der Waals surface area contributed by atoms with Gasteiger partial charge in [-0.1, -0.05) is 18.2 Å². The number of nitrogens with two attached hydrogens (primary N) is 1. The minimum atomic E-state index is -0.548. The maximum Gasteiger partial charge on any atom is 0.338 e. The number of nitrogen functional groups attached to an aromatic ring is 1. The topological polar surface area (TPSA) is 85.2 Å². The summed E-state index contributed by atoms with van der Waals surface area (Å²) < 4.78 is 5.06. The van der Waals surface area contributed by atoms with Gasteiger partial charge in [0, 0.05) is 28.4 Å². The first-order chi connectivity index (χ1) is 10.6. The van der Waals surface area contributed by atoms with E-state index >= 15 is 0 Å². The van der Waals surface area contributed by atoms with Crippen molar-refractivity contribution in [3.63, 3.8) is 0 Å². The summed E-state index contributed by atoms with van der Waals surface area (Å²) in [4.78, 5) is 27.1. The number of aromatic amines is 1. The van der Waals surface area contributed by atoms with E-state index in [-0.39, 0.29) is 12.4 Å². The number of carbonyl (C=O) groups is 2. The Kier molecular flexibility index (Phi) is 3.62. The molecule has 3 aromatic rings. The number of para-hydroxylation sites is 1. The number of anilines is 1. The second-order valence-corrected chi connectivity index (χ2v) is 4.87. The number of fused-ring (bicyclic) bond motifs is 1. The van der Waals surface area contributed by atoms with E-state index in [2.05, 4.69) is 4.98 Å². The number of Topliss-reactive ketones (excluding diaryl/α,β-unsaturated/α-hetero) is 1. The Bertz CT molecular complexity index is 834. The van der Waals surface area contributed by atoms with Gasteiger partial charge >= 0.3 is 5.97 Å². The summed E-state index contributed by atoms with van der Waals surface area (Å²) in [5, 5.41) is 0.816. The lowest BCUT2D eigenvalue weighted by atomic mass is 10.1. The smallest absolute Gasteiger partial charge is 0.338 e. The van der Waals surface area contributed by atoms with E-state index in [4.69, 9.17) is 10.5 Å². The Morgan fingerprint density at radius 3 is 2.55 bits per heavy atom. The van der Waals surface area contributed by atoms with E-state index in [0.717, 1.165) is 10.9 Å². The Hall–Kier alpha value is -3.08. The zero-order chi connectivity index (χ0) is 15.5. The summed E-state index contributed by atoms with van der Waals surface area (Å²) in [5.74, 6) is -0.797. The summed E-state index contributed by atoms with van der Waals surface area (Å²) in [5.41, 5.74) is 7.87. The van der Waals surface area contributed by atoms with Crippen molar-refractivity contribution in [2.45, 2.75) is 0 Å². The monoisotopic (exact) mass is 294 g/mol. The van der Waals surface area contributed by atoms with Gasteiger partial charge in [-0.05, 0) is 30.3 Å². The second kappa shape index (κ2) is 5.73. The summed E-state index contributed by atoms with van der Waals surface area (Å²) in [6, 6.07) is 13.8. The van der Waals surface area contributed by atoms with E-state index in [9.17, 15) is 9.59 Å². The molecular weight excluding hydrogens is 280 g/mol. The van der Waals surface area contributed by atoms with Crippen LogP contribution < -0.4 is 5.73 Å². The molecule has 0 unspecified atom stereocenters. The zero-order valence-corrected chi connectivity index (χ0v) is 11.7. The minimum absolute atomic E-state index is 0.249. The SMILES string of the molecule is Nc1ccc(C(=O)OCC(=O)c2c[nH]c3ccccc23)cc1. The number of hydrogen-bond donors (Lipinski definition) is 2. The summed E-state index contributed by atoms with van der Waals surface area (Å²) in [6.07, 6.45) is 1.63. The highest BCUT2D eigenvalue weighted by Gasteiger charge is 2.15. The van der Waals surface area contributed by atoms with Gasteiger partial charge in [0.1, 0.15) is 0 Å². The van der Waals surface area contributed by atoms with Crippen molar-refractivity contribution in [2.24, 2.45) is 0 Å². The Balaban J connectivity index is 1.70. The maximum atomic E-state index is 12.2. The molecule has 0 saturated heterocycles. The van der Waals surface area contributed by atoms with Crippen molar-refractivity contribution in [3.8, 4) is 0 Å². The van der Waals surface area contributed by atoms with E-state index in [1.54, 1.807) is 30.5 Å². The number of benzene rings is 2. The third-order valence-corrected chi connectivity index (χ3v) is 3.37. The second-order valence-electron chi connectivity index (χ2n) is 4.87. The number of aromatic nitrogens is 1. The molecule has 5 nitrogen and oxygen atoms in total. The Morgan fingerprint density at radius 2 is 1.77 bits per heavy atom. The minimum Gasteiger partial charge on any atom is -0.454 e. The molecule has 2 aromatic carbocycles. The number of rotatable bonds is 4. The van der Waals surface area contributed by atoms with Crippen LogP contribution in [0, 0.1) is 0 Å². The first-order valence-corrected chi connectivity index (χ1v) is 6.77. The van der Waals surface area contributed by atoms with Gasteiger partial charge in [-0.15, -0.1) is 0 Å². The largest absolute Gasteiger partial charge is 0.454 e. The lowest BCUT2D eigenvalue weighted by Crippen LogP contribution is -2.14. The first kappa shape index (κ1) is 13.9. The van der Waals surface area contributed by atoms with E-state index < -0.39 is 5.97 Å². The van der Waals surface area contributed by atoms with Gasteiger partial charge in [-0.25, -0.2) is 4.79 Å². The quantitative estimate of drug-likeness (QED) is 0.440. The fourth-order valence-electron chi connectivity index (χ4n) is 2.21. The van der Waals surface area contributed by atoms with Crippen molar-refractivity contribution in [1.29, 1.82) is 0 Å². The molecule has 3 N–H and O–H groups in total. The van der Waals surface area contributed by atoms with Gasteiger partial charge in [0.2, 0.25) is 5.78 Å². The van der Waals surface area contributed by atoms with Crippen molar-refractivity contribution in [2.75, 3.05) is 12.3 Å². The normalized spacial score (nSPS) is 10.5. The standard InChI is InChI=1S/C17H14N2O3/c18-12-7-5-11(6-8-12)17(21)22-10-16(20)14-9-19-15-4-2-1-3-13(14)15/h1-9,19H,10,18H2. The summed E-state index contributed by atoms with van der Waals surface area (Å²) in [6.45, 7) is -0.301. The van der Waals surface area contributed by atoms with Crippen LogP contribution in [0.15, 0.2) is 54.7 Å². The van der Waals surface area contributed by atoms with E-state index in [1.807, 2.05) is 24.3 Å². The predicted octanol–water partition coefficient (Wildman–Crippen LogP) is 2.79. The van der Waals surface area contributed by atoms with Crippen LogP contribution in [0.25, 0.3) is 10.9 Å². The number of nitrogens with one attached hydrogen (secondary N) is 1. The molecule has 1 heterocycles. The fourth-order valence-corrected chi connectivity index (χ4v) is 2.21. The number of esters is 1. The lowest BCUT2D eigenvalue weighted by Gasteiger charge is -2.04. The number of ketones is 1. The molecule has 0 aliphatic rings. The summed E-state index contributed by atoms with van der Waals surface area (Å²) in [7, 11) is 0. The van der Waals surface area contributed by atoms with Crippen LogP contribution in [-0.2, 0) is 4.74 Å². The Morgan fingerprint density at radius 1 is 1.05 bits per heavy atom. The maximum absolute atomic E-state index is 12.2. The highest BCUT2D eigenvalue weighted by atomic mass is 16.5. The number of hydrogen-bond acceptors (Lipinski definition) is 4. The lowest BCUT2D eigenvalue weighted by molar-refractivity contribution is 0.0475. The van der Waals surface area contributed by atoms with Gasteiger partial charge < -0.3 is 15.5 Å². The van der Waals surface area contributed by atoms with Gasteiger partial charge in [0.25, 0.3) is 0 Å². The molecular formula is C17H14N2O3. The zero-order valence-electron chi connectivity index (χ0n) is 11.7. The van der Waals surface area contributed by atoms with Crippen LogP contribution in [0.3, 0.4) is 0 Å². The molecule has 0 aliphatic carbocycles. The van der Waals surface area contributed by atoms with Gasteiger partial charge in [0.05, 0.1) is 5.56 Å². The highest BCUT2D eigenvalue weighted by molar-refractivity contribution is 6.09. The van der Waals surface area contributed by atoms with Crippen LogP contribution in [-0.4, -0.2) is 23.3 Å². The average Bonchev–Trinajstić information content (AvgIpc) is 2.97. The molecule has 0 aliphatic heterocycles. The molecule has 0 atom stereocenters. The van der Waals surface area contributed by atoms with E-state index in [0.29, 0.717) is 16.8 Å². The molecule has 110 valence electrons. The average molecular weight is 294 g/mol. The third kappa shape index (κ3) is 2.69. The molecule has 1 aromatic heterocycles. The fraction of sp³-hybridized carbons (Fsp3) is 0.0588. The molecule has 0 radical (unpaired) electrons. The van der Waals surface area contributed by atoms with Crippen molar-refractivity contribution >= 4 is 28.3 Å². The van der Waals surface area contributed by atoms with Crippen LogP contribution in [0.5, 0.6) is 0 Å². The molecule has 0 amide bonds. The van der Waals surface area contributed by atoms with Gasteiger partial charge in [0.15, 0.2) is 6.61 Å². The molecule has 22 heavy (non-hydrogen) atoms. The number of H-pyrrole nitrogens is 1. The molecule has 0 fully saturated rings. The van der Waals surface area contributed by atoms with Crippen LogP contribution in [0.2, 0.25) is 0 Å². The molecule has 5 heteroatoms. The van der Waals surface area contributed by atoms with Crippen molar-refractivity contribution < 1.29 is 14.3 Å². The first-order valence-electron chi connectivity index (χ1n) is 6.77.